The van der Waals surface area contributed by atoms with Gasteiger partial charge in [0.15, 0.2) is 5.76 Å². The first kappa shape index (κ1) is 19.3. The molecule has 3 aromatic carbocycles. The van der Waals surface area contributed by atoms with Crippen molar-refractivity contribution >= 4 is 23.5 Å². The van der Waals surface area contributed by atoms with Gasteiger partial charge in [-0.1, -0.05) is 41.9 Å². The molecule has 0 radical (unpaired) electrons. The first-order valence-corrected chi connectivity index (χ1v) is 10.0. The topological polar surface area (TPSA) is 44.1 Å². The van der Waals surface area contributed by atoms with E-state index in [1.54, 1.807) is 48.1 Å². The molecule has 6 heteroatoms. The first-order chi connectivity index (χ1) is 15.0. The average molecular weight is 431 g/mol. The molecule has 1 aromatic heterocycles. The van der Waals surface area contributed by atoms with E-state index in [0.717, 1.165) is 5.69 Å². The van der Waals surface area contributed by atoms with Crippen molar-refractivity contribution in [2.75, 3.05) is 0 Å². The molecule has 4 nitrogen and oxygen atoms in total. The highest BCUT2D eigenvalue weighted by Gasteiger charge is 2.28. The molecule has 0 fully saturated rings. The van der Waals surface area contributed by atoms with Gasteiger partial charge < -0.3 is 4.74 Å². The third-order valence-electron chi connectivity index (χ3n) is 5.13. The Morgan fingerprint density at radius 3 is 2.65 bits per heavy atom. The summed E-state index contributed by atoms with van der Waals surface area (Å²) < 4.78 is 21.7. The second-order valence-corrected chi connectivity index (χ2v) is 7.69. The Labute approximate surface area is 183 Å². The summed E-state index contributed by atoms with van der Waals surface area (Å²) in [7, 11) is 0. The number of carbonyl (C=O) groups is 1. The number of rotatable bonds is 3. The maximum Gasteiger partial charge on any atom is 0.232 e. The first-order valence-electron chi connectivity index (χ1n) is 9.65. The van der Waals surface area contributed by atoms with Crippen LogP contribution in [0.3, 0.4) is 0 Å². The highest BCUT2D eigenvalue weighted by molar-refractivity contribution is 6.31. The molecule has 0 bridgehead atoms. The molecule has 0 saturated carbocycles. The number of nitrogens with zero attached hydrogens (tertiary/aromatic N) is 2. The average Bonchev–Trinajstić information content (AvgIpc) is 3.33. The quantitative estimate of drug-likeness (QED) is 0.360. The van der Waals surface area contributed by atoms with Gasteiger partial charge in [0.25, 0.3) is 0 Å². The van der Waals surface area contributed by atoms with Crippen molar-refractivity contribution in [2.45, 2.75) is 6.92 Å². The number of carbonyl (C=O) groups excluding carboxylic acids is 1. The minimum absolute atomic E-state index is 0.165. The summed E-state index contributed by atoms with van der Waals surface area (Å²) in [6.45, 7) is 1.71. The monoisotopic (exact) mass is 430 g/mol. The van der Waals surface area contributed by atoms with Gasteiger partial charge in [-0.25, -0.2) is 9.07 Å². The molecule has 0 atom stereocenters. The number of fused-ring (bicyclic) bond motifs is 1. The number of hydrogen-bond acceptors (Lipinski definition) is 3. The van der Waals surface area contributed by atoms with E-state index in [4.69, 9.17) is 16.3 Å². The van der Waals surface area contributed by atoms with E-state index < -0.39 is 0 Å². The third-order valence-corrected chi connectivity index (χ3v) is 5.36. The highest BCUT2D eigenvalue weighted by Crippen LogP contribution is 2.35. The highest BCUT2D eigenvalue weighted by atomic mass is 35.5. The molecule has 2 heterocycles. The minimum atomic E-state index is -0.319. The van der Waals surface area contributed by atoms with Crippen LogP contribution in [0.25, 0.3) is 23.0 Å². The van der Waals surface area contributed by atoms with Crippen LogP contribution in [0.4, 0.5) is 4.39 Å². The van der Waals surface area contributed by atoms with Crippen LogP contribution in [-0.4, -0.2) is 15.6 Å². The van der Waals surface area contributed by atoms with E-state index in [0.29, 0.717) is 38.7 Å². The van der Waals surface area contributed by atoms with E-state index in [9.17, 15) is 9.18 Å². The van der Waals surface area contributed by atoms with Crippen LogP contribution in [0.15, 0.2) is 78.7 Å². The SMILES string of the molecule is Cc1ccc(-c2nn(-c3ccccc3)cc2/C=C2\Oc3ccc(Cl)cc3C2=O)cc1F. The maximum atomic E-state index is 14.3. The normalized spacial score (nSPS) is 14.0. The molecule has 0 unspecified atom stereocenters. The van der Waals surface area contributed by atoms with Crippen LogP contribution < -0.4 is 4.74 Å². The lowest BCUT2D eigenvalue weighted by Crippen LogP contribution is -1.98. The fraction of sp³-hybridized carbons (Fsp3) is 0.0400. The van der Waals surface area contributed by atoms with Crippen molar-refractivity contribution < 1.29 is 13.9 Å². The van der Waals surface area contributed by atoms with Crippen LogP contribution in [-0.2, 0) is 0 Å². The largest absolute Gasteiger partial charge is 0.452 e. The van der Waals surface area contributed by atoms with Gasteiger partial charge in [0.05, 0.1) is 11.3 Å². The number of aromatic nitrogens is 2. The second kappa shape index (κ2) is 7.52. The Kier molecular flexibility index (Phi) is 4.68. The van der Waals surface area contributed by atoms with Crippen molar-refractivity contribution in [3.8, 4) is 22.7 Å². The van der Waals surface area contributed by atoms with Gasteiger partial charge in [-0.3, -0.25) is 4.79 Å². The molecule has 1 aliphatic heterocycles. The van der Waals surface area contributed by atoms with E-state index in [2.05, 4.69) is 5.10 Å². The predicted molar refractivity (Wildman–Crippen MR) is 118 cm³/mol. The maximum absolute atomic E-state index is 14.3. The standard InChI is InChI=1S/C25H16ClFN2O2/c1-15-7-8-16(11-21(15)27)24-17(14-29(28-24)19-5-3-2-4-6-19)12-23-25(30)20-13-18(26)9-10-22(20)31-23/h2-14H,1H3/b23-12-. The number of hydrogen-bond donors (Lipinski definition) is 0. The van der Waals surface area contributed by atoms with Gasteiger partial charge in [-0.15, -0.1) is 0 Å². The smallest absolute Gasteiger partial charge is 0.232 e. The van der Waals surface area contributed by atoms with Crippen LogP contribution in [0.2, 0.25) is 5.02 Å². The lowest BCUT2D eigenvalue weighted by Gasteiger charge is -2.03. The Hall–Kier alpha value is -3.70. The van der Waals surface area contributed by atoms with Crippen molar-refractivity contribution in [3.63, 3.8) is 0 Å². The number of halogens is 2. The number of Topliss-reactive ketones (excluding diaryl/α,β-unsaturated/α-hetero) is 1. The summed E-state index contributed by atoms with van der Waals surface area (Å²) >= 11 is 6.02. The molecule has 4 aromatic rings. The van der Waals surface area contributed by atoms with Crippen LogP contribution in [0, 0.1) is 12.7 Å². The number of allylic oxidation sites excluding steroid dienone is 1. The van der Waals surface area contributed by atoms with Gasteiger partial charge in [-0.05, 0) is 55.0 Å². The number of aryl methyl sites for hydroxylation is 1. The van der Waals surface area contributed by atoms with Crippen molar-refractivity contribution in [1.82, 2.24) is 9.78 Å². The summed E-state index contributed by atoms with van der Waals surface area (Å²) in [5, 5.41) is 5.13. The van der Waals surface area contributed by atoms with E-state index in [1.807, 2.05) is 36.4 Å². The Morgan fingerprint density at radius 2 is 1.87 bits per heavy atom. The molecule has 5 rings (SSSR count). The van der Waals surface area contributed by atoms with Gasteiger partial charge >= 0.3 is 0 Å². The molecule has 0 saturated heterocycles. The van der Waals surface area contributed by atoms with Gasteiger partial charge in [0, 0.05) is 22.3 Å². The molecular formula is C25H16ClFN2O2. The van der Waals surface area contributed by atoms with Crippen LogP contribution >= 0.6 is 11.6 Å². The third kappa shape index (κ3) is 3.53. The van der Waals surface area contributed by atoms with E-state index in [1.165, 1.54) is 6.07 Å². The van der Waals surface area contributed by atoms with Crippen LogP contribution in [0.5, 0.6) is 5.75 Å². The lowest BCUT2D eigenvalue weighted by atomic mass is 10.0. The summed E-state index contributed by atoms with van der Waals surface area (Å²) in [5.41, 5.74) is 3.59. The molecule has 152 valence electrons. The van der Waals surface area contributed by atoms with Crippen molar-refractivity contribution in [2.24, 2.45) is 0 Å². The molecule has 1 aliphatic rings. The summed E-state index contributed by atoms with van der Waals surface area (Å²) in [5.74, 6) is 0.0457. The summed E-state index contributed by atoms with van der Waals surface area (Å²) in [6, 6.07) is 19.4. The Bertz CT molecular complexity index is 1360. The lowest BCUT2D eigenvalue weighted by molar-refractivity contribution is 0.101. The van der Waals surface area contributed by atoms with Gasteiger partial charge in [0.1, 0.15) is 17.3 Å². The number of ketones is 1. The van der Waals surface area contributed by atoms with Gasteiger partial charge in [-0.2, -0.15) is 5.10 Å². The second-order valence-electron chi connectivity index (χ2n) is 7.26. The van der Waals surface area contributed by atoms with Crippen molar-refractivity contribution in [1.29, 1.82) is 0 Å². The fourth-order valence-electron chi connectivity index (χ4n) is 3.47. The van der Waals surface area contributed by atoms with E-state index >= 15 is 0 Å². The molecule has 0 spiro atoms. The predicted octanol–water partition coefficient (Wildman–Crippen LogP) is 6.26. The Balaban J connectivity index is 1.64. The molecular weight excluding hydrogens is 415 g/mol. The summed E-state index contributed by atoms with van der Waals surface area (Å²) in [6.07, 6.45) is 3.43. The van der Waals surface area contributed by atoms with Gasteiger partial charge in [0.2, 0.25) is 5.78 Å². The summed E-state index contributed by atoms with van der Waals surface area (Å²) in [4.78, 5) is 12.8. The molecule has 31 heavy (non-hydrogen) atoms. The zero-order valence-electron chi connectivity index (χ0n) is 16.5. The molecule has 0 aliphatic carbocycles. The molecule has 0 N–H and O–H groups in total. The van der Waals surface area contributed by atoms with E-state index in [-0.39, 0.29) is 17.4 Å². The minimum Gasteiger partial charge on any atom is -0.452 e. The number of para-hydroxylation sites is 1. The zero-order chi connectivity index (χ0) is 21.5. The number of benzene rings is 3. The van der Waals surface area contributed by atoms with Crippen molar-refractivity contribution in [3.05, 3.63) is 106 Å². The zero-order valence-corrected chi connectivity index (χ0v) is 17.2. The Morgan fingerprint density at radius 1 is 1.06 bits per heavy atom. The van der Waals surface area contributed by atoms with Crippen LogP contribution in [0.1, 0.15) is 21.5 Å². The fourth-order valence-corrected chi connectivity index (χ4v) is 3.64. The molecule has 0 amide bonds. The number of ether oxygens (including phenoxy) is 1.